The zero-order valence-electron chi connectivity index (χ0n) is 59.8. The van der Waals surface area contributed by atoms with Crippen LogP contribution in [0.25, 0.3) is 22.8 Å². The summed E-state index contributed by atoms with van der Waals surface area (Å²) in [6.45, 7) is 11.3. The molecule has 0 saturated carbocycles. The number of ether oxygens (including phenoxy) is 4. The maximum Gasteiger partial charge on any atom is 0.241 e. The second-order valence-corrected chi connectivity index (χ2v) is 30.1. The molecule has 0 saturated heterocycles. The average molecular weight is 1550 g/mol. The molecule has 0 radical (unpaired) electrons. The van der Waals surface area contributed by atoms with E-state index in [1.54, 1.807) is 97.1 Å². The van der Waals surface area contributed by atoms with Gasteiger partial charge in [-0.05, 0) is 156 Å². The zero-order valence-corrected chi connectivity index (χ0v) is 63.1. The van der Waals surface area contributed by atoms with Crippen LogP contribution in [0.5, 0.6) is 46.0 Å². The van der Waals surface area contributed by atoms with E-state index in [1.165, 1.54) is 24.3 Å². The Kier molecular flexibility index (Phi) is 30.8. The van der Waals surface area contributed by atoms with Gasteiger partial charge in [0.1, 0.15) is 49.1 Å². The quantitative estimate of drug-likeness (QED) is 0.0167. The number of benzene rings is 8. The van der Waals surface area contributed by atoms with Crippen molar-refractivity contribution >= 4 is 68.6 Å². The standard InChI is InChI=1S/C19H23N5O3S.C19H23N3O3S.2C17H20N6O3S/c1-2-3-9-21-17-11-14(10-15-13-22-24-23-15)12-18(28(20,25)26)19(17)27-16-7-5-4-6-8-16;1-2-3-12-22-17-13-15(8-7-11-20)14-18(26(21,23)24)19(17)25-16-9-5-4-6-10-16;2*1-2-3-9-19-14-10-12(17-20-22-23-21-17)11-15(27(18,24)25)16(14)26-13-7-5-4-6-8-13/h4-8,11-12,21H,2-3,9-10,13H2,1H3,(H2,20,25,26);4-6,9-10,13-14,22H,2-3,7-8,12H2,1H3,(H2,21,23,24);2*4-8,10-11,19H,2-3,9H2,1H3,(H2,18,24,25)(H,20,21,22,23). The minimum Gasteiger partial charge on any atom is -0.454 e. The minimum absolute atomic E-state index is 0.0691. The van der Waals surface area contributed by atoms with Crippen molar-refractivity contribution < 1.29 is 52.6 Å². The molecule has 0 aliphatic carbocycles. The second kappa shape index (κ2) is 40.4. The molecule has 3 heterocycles. The van der Waals surface area contributed by atoms with E-state index >= 15 is 0 Å². The summed E-state index contributed by atoms with van der Waals surface area (Å²) in [5, 5.41) is 82.4. The molecule has 32 nitrogen and oxygen atoms in total. The summed E-state index contributed by atoms with van der Waals surface area (Å²) in [6.07, 6.45) is 8.80. The van der Waals surface area contributed by atoms with Crippen LogP contribution in [0.1, 0.15) is 96.6 Å². The number of nitrogens with one attached hydrogen (secondary N) is 6. The summed E-state index contributed by atoms with van der Waals surface area (Å²) >= 11 is 0. The number of H-pyrrole nitrogens is 2. The van der Waals surface area contributed by atoms with Gasteiger partial charge >= 0.3 is 0 Å². The van der Waals surface area contributed by atoms with E-state index in [4.69, 9.17) is 44.8 Å². The lowest BCUT2D eigenvalue weighted by Gasteiger charge is -2.18. The number of primary sulfonamides is 4. The van der Waals surface area contributed by atoms with Gasteiger partial charge in [0.2, 0.25) is 51.7 Å². The molecular formula is C72H86N20O12S4. The summed E-state index contributed by atoms with van der Waals surface area (Å²) in [7, 11) is -16.2. The molecule has 1 aliphatic heterocycles. The zero-order chi connectivity index (χ0) is 77.5. The molecule has 11 rings (SSSR count). The van der Waals surface area contributed by atoms with Gasteiger partial charge in [0.25, 0.3) is 0 Å². The first-order valence-electron chi connectivity index (χ1n) is 34.3. The fourth-order valence-corrected chi connectivity index (χ4v) is 13.0. The number of anilines is 4. The maximum absolute atomic E-state index is 12.3. The highest BCUT2D eigenvalue weighted by molar-refractivity contribution is 7.90. The summed E-state index contributed by atoms with van der Waals surface area (Å²) in [5.41, 5.74) is 5.23. The van der Waals surface area contributed by atoms with Gasteiger partial charge in [0.05, 0.1) is 34.5 Å². The topological polar surface area (TPSA) is 495 Å². The number of unbranched alkanes of at least 4 members (excludes halogenated alkanes) is 4. The number of nitrogens with two attached hydrogens (primary N) is 4. The van der Waals surface area contributed by atoms with Crippen LogP contribution in [0.4, 0.5) is 22.7 Å². The first kappa shape index (κ1) is 82.4. The van der Waals surface area contributed by atoms with Crippen molar-refractivity contribution in [3.8, 4) is 74.8 Å². The highest BCUT2D eigenvalue weighted by Crippen LogP contribution is 2.43. The Bertz CT molecular complexity index is 4970. The third-order valence-electron chi connectivity index (χ3n) is 15.4. The lowest BCUT2D eigenvalue weighted by Crippen LogP contribution is -2.16. The predicted octanol–water partition coefficient (Wildman–Crippen LogP) is 12.5. The summed E-state index contributed by atoms with van der Waals surface area (Å²) in [5.74, 6) is 3.17. The number of hydrogen-bond donors (Lipinski definition) is 10. The predicted molar refractivity (Wildman–Crippen MR) is 412 cm³/mol. The highest BCUT2D eigenvalue weighted by atomic mass is 32.2. The van der Waals surface area contributed by atoms with Crippen molar-refractivity contribution in [3.05, 3.63) is 181 Å². The van der Waals surface area contributed by atoms with Gasteiger partial charge in [-0.15, -0.1) is 25.5 Å². The fourth-order valence-electron chi connectivity index (χ4n) is 10.2. The second-order valence-electron chi connectivity index (χ2n) is 24.0. The Labute approximate surface area is 627 Å². The molecule has 108 heavy (non-hydrogen) atoms. The number of tetrazole rings is 2. The van der Waals surface area contributed by atoms with Crippen molar-refractivity contribution in [1.82, 2.24) is 41.2 Å². The Morgan fingerprint density at radius 2 is 0.750 bits per heavy atom. The van der Waals surface area contributed by atoms with Crippen LogP contribution in [0.3, 0.4) is 0 Å². The van der Waals surface area contributed by atoms with Gasteiger partial charge in [-0.3, -0.25) is 0 Å². The molecule has 0 fully saturated rings. The third-order valence-corrected chi connectivity index (χ3v) is 19.1. The smallest absolute Gasteiger partial charge is 0.241 e. The summed E-state index contributed by atoms with van der Waals surface area (Å²) in [4.78, 5) is -0.476. The number of nitriles is 1. The molecule has 0 spiro atoms. The third kappa shape index (κ3) is 25.2. The number of nitrogens with zero attached hydrogens (tertiary/aromatic N) is 10. The van der Waals surface area contributed by atoms with Gasteiger partial charge in [0.15, 0.2) is 23.0 Å². The van der Waals surface area contributed by atoms with E-state index in [9.17, 15) is 33.7 Å². The Morgan fingerprint density at radius 3 is 1.04 bits per heavy atom. The Hall–Kier alpha value is -11.3. The van der Waals surface area contributed by atoms with E-state index in [1.807, 2.05) is 48.5 Å². The minimum atomic E-state index is -4.07. The van der Waals surface area contributed by atoms with Crippen molar-refractivity contribution in [2.75, 3.05) is 54.0 Å². The molecule has 36 heteroatoms. The van der Waals surface area contributed by atoms with Crippen LogP contribution < -0.4 is 60.8 Å². The first-order valence-corrected chi connectivity index (χ1v) is 40.5. The number of sulfonamides is 4. The number of hydrogen-bond acceptors (Lipinski definition) is 26. The van der Waals surface area contributed by atoms with Gasteiger partial charge < -0.3 is 40.2 Å². The molecule has 1 aliphatic rings. The Morgan fingerprint density at radius 1 is 0.435 bits per heavy atom. The fraction of sp³-hybridized carbons (Fsp3) is 0.278. The molecule has 14 N–H and O–H groups in total. The lowest BCUT2D eigenvalue weighted by molar-refractivity contribution is 0.468. The summed E-state index contributed by atoms with van der Waals surface area (Å²) in [6, 6.07) is 50.7. The summed E-state index contributed by atoms with van der Waals surface area (Å²) < 4.78 is 122. The van der Waals surface area contributed by atoms with Gasteiger partial charge in [-0.25, -0.2) is 54.2 Å². The SMILES string of the molecule is CCCCNc1cc(-c2nn[nH]n2)cc(S(N)(=O)=O)c1Oc1ccccc1.CCCCNc1cc(-c2nn[nH]n2)cc(S(N)(=O)=O)c1Oc1ccccc1.CCCCNc1cc(CC2=NN=NC2)cc(S(N)(=O)=O)c1Oc1ccccc1.CCCCNc1cc(CCC#N)cc(S(N)(=O)=O)c1Oc1ccccc1. The van der Waals surface area contributed by atoms with Crippen LogP contribution in [0, 0.1) is 11.3 Å². The van der Waals surface area contributed by atoms with E-state index < -0.39 is 40.1 Å². The molecule has 8 aromatic carbocycles. The van der Waals surface area contributed by atoms with E-state index in [0.29, 0.717) is 102 Å². The van der Waals surface area contributed by atoms with Gasteiger partial charge in [-0.2, -0.15) is 20.8 Å². The molecule has 0 atom stereocenters. The average Bonchev–Trinajstić information content (AvgIpc) is 1.12. The maximum atomic E-state index is 12.3. The number of para-hydroxylation sites is 4. The van der Waals surface area contributed by atoms with Crippen LogP contribution in [0.2, 0.25) is 0 Å². The van der Waals surface area contributed by atoms with Crippen molar-refractivity contribution in [2.24, 2.45) is 36.0 Å². The molecule has 10 aromatic rings. The molecule has 570 valence electrons. The van der Waals surface area contributed by atoms with Crippen LogP contribution in [-0.4, -0.2) is 113 Å². The van der Waals surface area contributed by atoms with Crippen molar-refractivity contribution in [1.29, 1.82) is 5.26 Å². The Balaban J connectivity index is 0.000000181. The monoisotopic (exact) mass is 1550 g/mol. The van der Waals surface area contributed by atoms with Crippen molar-refractivity contribution in [3.63, 3.8) is 0 Å². The number of rotatable bonds is 34. The van der Waals surface area contributed by atoms with E-state index in [-0.39, 0.29) is 60.6 Å². The first-order chi connectivity index (χ1) is 51.9. The lowest BCUT2D eigenvalue weighted by atomic mass is 10.1. The number of aryl methyl sites for hydroxylation is 1. The molecule has 0 amide bonds. The molecule has 0 bridgehead atoms. The number of aromatic amines is 2. The number of aromatic nitrogens is 8. The molecular weight excluding hydrogens is 1470 g/mol. The van der Waals surface area contributed by atoms with Gasteiger partial charge in [-0.1, -0.05) is 126 Å². The van der Waals surface area contributed by atoms with Crippen LogP contribution >= 0.6 is 0 Å². The largest absolute Gasteiger partial charge is 0.454 e. The normalized spacial score (nSPS) is 11.8. The van der Waals surface area contributed by atoms with Gasteiger partial charge in [0, 0.05) is 50.1 Å². The van der Waals surface area contributed by atoms with E-state index in [0.717, 1.165) is 68.2 Å². The molecule has 0 unspecified atom stereocenters. The van der Waals surface area contributed by atoms with Crippen LogP contribution in [0.15, 0.2) is 205 Å². The molecule has 2 aromatic heterocycles. The van der Waals surface area contributed by atoms with Crippen LogP contribution in [-0.2, 0) is 52.9 Å². The van der Waals surface area contributed by atoms with Crippen molar-refractivity contribution in [2.45, 2.75) is 118 Å². The van der Waals surface area contributed by atoms with E-state index in [2.05, 4.69) is 112 Å². The highest BCUT2D eigenvalue weighted by Gasteiger charge is 2.28.